The average molecular weight is 373 g/mol. The van der Waals surface area contributed by atoms with Gasteiger partial charge in [0.25, 0.3) is 0 Å². The summed E-state index contributed by atoms with van der Waals surface area (Å²) in [6, 6.07) is 7.44. The molecule has 7 nitrogen and oxygen atoms in total. The van der Waals surface area contributed by atoms with E-state index in [4.69, 9.17) is 14.5 Å². The zero-order chi connectivity index (χ0) is 19.6. The third-order valence-electron chi connectivity index (χ3n) is 4.94. The molecule has 0 aliphatic carbocycles. The Balaban J connectivity index is 2.16. The quantitative estimate of drug-likeness (QED) is 0.424. The van der Waals surface area contributed by atoms with Gasteiger partial charge in [-0.05, 0) is 31.4 Å². The second-order valence-corrected chi connectivity index (χ2v) is 7.07. The Hall–Kier alpha value is -2.41. The van der Waals surface area contributed by atoms with Crippen LogP contribution in [0.2, 0.25) is 0 Å². The lowest BCUT2D eigenvalue weighted by molar-refractivity contribution is -0.154. The van der Waals surface area contributed by atoms with Crippen LogP contribution in [0.1, 0.15) is 33.2 Å². The van der Waals surface area contributed by atoms with Crippen molar-refractivity contribution in [3.05, 3.63) is 24.3 Å². The Labute approximate surface area is 159 Å². The molecule has 0 spiro atoms. The number of esters is 1. The van der Waals surface area contributed by atoms with E-state index in [1.54, 1.807) is 18.9 Å². The zero-order valence-electron chi connectivity index (χ0n) is 16.3. The van der Waals surface area contributed by atoms with Gasteiger partial charge in [-0.3, -0.25) is 14.5 Å². The molecule has 0 radical (unpaired) electrons. The number of amides is 1. The summed E-state index contributed by atoms with van der Waals surface area (Å²) in [5, 5.41) is 0. The molecule has 1 aliphatic rings. The normalized spacial score (nSPS) is 19.6. The molecule has 1 aliphatic heterocycles. The summed E-state index contributed by atoms with van der Waals surface area (Å²) in [5.74, 6) is -0.942. The van der Waals surface area contributed by atoms with E-state index in [9.17, 15) is 9.59 Å². The number of carbonyl (C=O) groups excluding carboxylic acids is 2. The monoisotopic (exact) mass is 373 g/mol. The number of hydrogen-bond acceptors (Lipinski definition) is 5. The molecule has 2 aromatic rings. The maximum Gasteiger partial charge on any atom is 0.320 e. The Morgan fingerprint density at radius 1 is 1.30 bits per heavy atom. The predicted octanol–water partition coefficient (Wildman–Crippen LogP) is 2.80. The smallest absolute Gasteiger partial charge is 0.320 e. The molecule has 7 heteroatoms. The van der Waals surface area contributed by atoms with Crippen molar-refractivity contribution < 1.29 is 19.1 Å². The van der Waals surface area contributed by atoms with Crippen LogP contribution < -0.4 is 4.90 Å². The fraction of sp³-hybridized carbons (Fsp3) is 0.550. The molecule has 0 saturated carbocycles. The number of aromatic nitrogens is 2. The summed E-state index contributed by atoms with van der Waals surface area (Å²) in [6.45, 7) is 7.00. The molecular weight excluding hydrogens is 346 g/mol. The SMILES string of the molecule is CCOC(=O)[C@H]1C(=O)N(CCCOC)c2nc3ccccc3n2[C@H]1C(C)C. The van der Waals surface area contributed by atoms with E-state index < -0.39 is 11.9 Å². The van der Waals surface area contributed by atoms with Gasteiger partial charge < -0.3 is 14.0 Å². The molecule has 0 unspecified atom stereocenters. The van der Waals surface area contributed by atoms with Gasteiger partial charge >= 0.3 is 5.97 Å². The van der Waals surface area contributed by atoms with Gasteiger partial charge in [0.05, 0.1) is 23.7 Å². The number of carbonyl (C=O) groups is 2. The molecule has 0 saturated heterocycles. The van der Waals surface area contributed by atoms with Crippen LogP contribution in [0.15, 0.2) is 24.3 Å². The maximum atomic E-state index is 13.3. The topological polar surface area (TPSA) is 73.7 Å². The third kappa shape index (κ3) is 3.43. The molecule has 3 rings (SSSR count). The Kier molecular flexibility index (Phi) is 5.79. The molecule has 27 heavy (non-hydrogen) atoms. The minimum absolute atomic E-state index is 0.0563. The number of methoxy groups -OCH3 is 1. The maximum absolute atomic E-state index is 13.3. The third-order valence-corrected chi connectivity index (χ3v) is 4.94. The van der Waals surface area contributed by atoms with Crippen molar-refractivity contribution in [2.75, 3.05) is 31.8 Å². The van der Waals surface area contributed by atoms with Crippen molar-refractivity contribution in [2.45, 2.75) is 33.2 Å². The Morgan fingerprint density at radius 3 is 2.70 bits per heavy atom. The number of fused-ring (bicyclic) bond motifs is 3. The molecule has 2 atom stereocenters. The summed E-state index contributed by atoms with van der Waals surface area (Å²) in [7, 11) is 1.63. The van der Waals surface area contributed by atoms with Crippen LogP contribution in [-0.4, -0.2) is 48.3 Å². The van der Waals surface area contributed by atoms with Crippen molar-refractivity contribution in [3.63, 3.8) is 0 Å². The standard InChI is InChI=1S/C20H27N3O4/c1-5-27-19(25)16-17(13(2)3)23-15-10-7-6-9-14(15)21-20(23)22(18(16)24)11-8-12-26-4/h6-7,9-10,13,16-17H,5,8,11-12H2,1-4H3/t16-,17+/m1/s1. The summed E-state index contributed by atoms with van der Waals surface area (Å²) < 4.78 is 12.4. The van der Waals surface area contributed by atoms with E-state index >= 15 is 0 Å². The molecule has 1 amide bonds. The van der Waals surface area contributed by atoms with Crippen molar-refractivity contribution in [1.82, 2.24) is 9.55 Å². The lowest BCUT2D eigenvalue weighted by atomic mass is 9.87. The van der Waals surface area contributed by atoms with Crippen LogP contribution in [0.5, 0.6) is 0 Å². The number of nitrogens with zero attached hydrogens (tertiary/aromatic N) is 3. The highest BCUT2D eigenvalue weighted by atomic mass is 16.5. The van der Waals surface area contributed by atoms with E-state index in [-0.39, 0.29) is 24.5 Å². The summed E-state index contributed by atoms with van der Waals surface area (Å²) in [6.07, 6.45) is 0.660. The number of rotatable bonds is 7. The number of benzene rings is 1. The number of para-hydroxylation sites is 2. The first-order valence-corrected chi connectivity index (χ1v) is 9.45. The van der Waals surface area contributed by atoms with Crippen LogP contribution in [0.4, 0.5) is 5.95 Å². The van der Waals surface area contributed by atoms with Gasteiger partial charge in [-0.1, -0.05) is 26.0 Å². The minimum Gasteiger partial charge on any atom is -0.465 e. The fourth-order valence-corrected chi connectivity index (χ4v) is 3.81. The summed E-state index contributed by atoms with van der Waals surface area (Å²) >= 11 is 0. The second kappa shape index (κ2) is 8.08. The molecule has 1 aromatic carbocycles. The van der Waals surface area contributed by atoms with Gasteiger partial charge in [0.15, 0.2) is 5.92 Å². The van der Waals surface area contributed by atoms with Crippen LogP contribution >= 0.6 is 0 Å². The van der Waals surface area contributed by atoms with Crippen LogP contribution in [-0.2, 0) is 19.1 Å². The molecule has 0 fully saturated rings. The van der Waals surface area contributed by atoms with E-state index in [1.807, 2.05) is 42.7 Å². The number of ether oxygens (including phenoxy) is 2. The Morgan fingerprint density at radius 2 is 2.04 bits per heavy atom. The van der Waals surface area contributed by atoms with E-state index in [0.29, 0.717) is 25.5 Å². The number of anilines is 1. The van der Waals surface area contributed by atoms with Gasteiger partial charge in [0.2, 0.25) is 11.9 Å². The molecule has 146 valence electrons. The largest absolute Gasteiger partial charge is 0.465 e. The summed E-state index contributed by atoms with van der Waals surface area (Å²) in [4.78, 5) is 32.4. The van der Waals surface area contributed by atoms with Crippen molar-refractivity contribution in [1.29, 1.82) is 0 Å². The van der Waals surface area contributed by atoms with Crippen LogP contribution in [0, 0.1) is 11.8 Å². The first-order chi connectivity index (χ1) is 13.0. The molecule has 0 N–H and O–H groups in total. The highest BCUT2D eigenvalue weighted by molar-refractivity contribution is 6.08. The van der Waals surface area contributed by atoms with Gasteiger partial charge in [0.1, 0.15) is 0 Å². The molecule has 1 aromatic heterocycles. The van der Waals surface area contributed by atoms with Gasteiger partial charge in [-0.2, -0.15) is 0 Å². The highest BCUT2D eigenvalue weighted by Gasteiger charge is 2.47. The van der Waals surface area contributed by atoms with E-state index in [2.05, 4.69) is 0 Å². The average Bonchev–Trinajstić information content (AvgIpc) is 3.01. The van der Waals surface area contributed by atoms with E-state index in [0.717, 1.165) is 11.0 Å². The summed E-state index contributed by atoms with van der Waals surface area (Å²) in [5.41, 5.74) is 1.73. The number of imidazole rings is 1. The van der Waals surface area contributed by atoms with Crippen molar-refractivity contribution >= 4 is 28.9 Å². The van der Waals surface area contributed by atoms with Crippen molar-refractivity contribution in [3.8, 4) is 0 Å². The number of hydrogen-bond donors (Lipinski definition) is 0. The van der Waals surface area contributed by atoms with Gasteiger partial charge in [-0.15, -0.1) is 0 Å². The van der Waals surface area contributed by atoms with Gasteiger partial charge in [-0.25, -0.2) is 4.98 Å². The molecule has 0 bridgehead atoms. The predicted molar refractivity (Wildman–Crippen MR) is 103 cm³/mol. The van der Waals surface area contributed by atoms with E-state index in [1.165, 1.54) is 0 Å². The zero-order valence-corrected chi connectivity index (χ0v) is 16.3. The second-order valence-electron chi connectivity index (χ2n) is 7.07. The minimum atomic E-state index is -0.877. The first kappa shape index (κ1) is 19.4. The van der Waals surface area contributed by atoms with Crippen molar-refractivity contribution in [2.24, 2.45) is 11.8 Å². The van der Waals surface area contributed by atoms with Gasteiger partial charge in [0, 0.05) is 20.3 Å². The lowest BCUT2D eigenvalue weighted by Crippen LogP contribution is -2.51. The highest BCUT2D eigenvalue weighted by Crippen LogP contribution is 2.41. The Bertz CT molecular complexity index is 830. The molecule has 2 heterocycles. The van der Waals surface area contributed by atoms with Crippen LogP contribution in [0.25, 0.3) is 11.0 Å². The van der Waals surface area contributed by atoms with Crippen LogP contribution in [0.3, 0.4) is 0 Å². The fourth-order valence-electron chi connectivity index (χ4n) is 3.81. The lowest BCUT2D eigenvalue weighted by Gasteiger charge is -2.39. The molecular formula is C20H27N3O4. The first-order valence-electron chi connectivity index (χ1n) is 9.45.